The molecule has 0 saturated heterocycles. The molecule has 2 heterocycles. The van der Waals surface area contributed by atoms with Crippen LogP contribution in [0.15, 0.2) is 73.3 Å². The minimum Gasteiger partial charge on any atom is -0.459 e. The van der Waals surface area contributed by atoms with Gasteiger partial charge >= 0.3 is 11.9 Å². The van der Waals surface area contributed by atoms with Gasteiger partial charge in [-0.3, -0.25) is 19.2 Å². The molecule has 16 nitrogen and oxygen atoms in total. The summed E-state index contributed by atoms with van der Waals surface area (Å²) in [6.45, 7) is 7.88. The van der Waals surface area contributed by atoms with E-state index in [9.17, 15) is 28.8 Å². The largest absolute Gasteiger partial charge is 0.459 e. The number of hydrogen-bond donors (Lipinski definition) is 6. The van der Waals surface area contributed by atoms with Crippen molar-refractivity contribution in [2.75, 3.05) is 13.1 Å². The van der Waals surface area contributed by atoms with Crippen molar-refractivity contribution in [2.45, 2.75) is 78.7 Å². The Kier molecular flexibility index (Phi) is 16.3. The molecule has 4 amide bonds. The lowest BCUT2D eigenvalue weighted by Gasteiger charge is -2.20. The summed E-state index contributed by atoms with van der Waals surface area (Å²) in [5, 5.41) is 10.8. The number of H-pyrrole nitrogens is 2. The lowest BCUT2D eigenvalue weighted by molar-refractivity contribution is -0.149. The number of aromatic nitrogens is 4. The molecule has 0 aliphatic rings. The molecule has 0 spiro atoms. The van der Waals surface area contributed by atoms with Crippen molar-refractivity contribution in [2.24, 2.45) is 11.8 Å². The average molecular weight is 771 g/mol. The lowest BCUT2D eigenvalue weighted by Crippen LogP contribution is -2.46. The first-order valence-corrected chi connectivity index (χ1v) is 18.6. The normalized spacial score (nSPS) is 12.0. The molecule has 2 atom stereocenters. The molecule has 56 heavy (non-hydrogen) atoms. The van der Waals surface area contributed by atoms with Crippen molar-refractivity contribution in [1.82, 2.24) is 41.2 Å². The van der Waals surface area contributed by atoms with Crippen LogP contribution < -0.4 is 21.3 Å². The van der Waals surface area contributed by atoms with E-state index in [4.69, 9.17) is 9.47 Å². The fraction of sp³-hybridized carbons (Fsp3) is 0.400. The standard InChI is InChI=1S/C40H50N8O8/c1-25(2)29(39(53)55-21-27-15-9-7-10-16-27)47-37(51)33-31(43-23-45-33)35(49)41-19-13-5-6-14-20-42-36(50)32-34(46-24-44-32)38(52)48-30(26(3)4)40(54)56-22-28-17-11-8-12-18-28/h7-12,15-18,23-26,29-30H,5-6,13-14,19-22H2,1-4H3,(H,41,49)(H,42,50)(H,43,45)(H,44,46)(H,47,51)(H,48,52). The van der Waals surface area contributed by atoms with Gasteiger partial charge in [0.05, 0.1) is 12.7 Å². The molecule has 0 fully saturated rings. The second-order valence-corrected chi connectivity index (χ2v) is 13.8. The summed E-state index contributed by atoms with van der Waals surface area (Å²) >= 11 is 0. The van der Waals surface area contributed by atoms with Gasteiger partial charge in [-0.2, -0.15) is 0 Å². The Morgan fingerprint density at radius 2 is 0.929 bits per heavy atom. The summed E-state index contributed by atoms with van der Waals surface area (Å²) in [5.41, 5.74) is 1.29. The number of aromatic amines is 2. The maximum Gasteiger partial charge on any atom is 0.329 e. The Balaban J connectivity index is 1.15. The Morgan fingerprint density at radius 1 is 0.554 bits per heavy atom. The van der Waals surface area contributed by atoms with Gasteiger partial charge in [-0.15, -0.1) is 0 Å². The molecule has 298 valence electrons. The van der Waals surface area contributed by atoms with E-state index < -0.39 is 47.7 Å². The molecule has 4 aromatic rings. The second kappa shape index (κ2) is 21.5. The SMILES string of the molecule is CC(C)C(NC(=O)c1nc[nH]c1C(=O)NCCCCCCNC(=O)c1[nH]cnc1C(=O)NC(C(=O)OCc1ccccc1)C(C)C)C(=O)OCc1ccccc1. The van der Waals surface area contributed by atoms with E-state index in [1.807, 2.05) is 60.7 Å². The number of nitrogens with zero attached hydrogens (tertiary/aromatic N) is 2. The number of esters is 2. The highest BCUT2D eigenvalue weighted by Crippen LogP contribution is 2.12. The van der Waals surface area contributed by atoms with E-state index in [0.717, 1.165) is 24.0 Å². The van der Waals surface area contributed by atoms with Crippen LogP contribution in [0.3, 0.4) is 0 Å². The summed E-state index contributed by atoms with van der Waals surface area (Å²) in [5.74, 6) is -4.16. The highest BCUT2D eigenvalue weighted by molar-refractivity contribution is 6.06. The first-order chi connectivity index (χ1) is 27.0. The van der Waals surface area contributed by atoms with Crippen molar-refractivity contribution < 1.29 is 38.2 Å². The Morgan fingerprint density at radius 3 is 1.29 bits per heavy atom. The quantitative estimate of drug-likeness (QED) is 0.0530. The number of unbranched alkanes of at least 4 members (excludes halogenated alkanes) is 3. The van der Waals surface area contributed by atoms with Crippen LogP contribution in [0.25, 0.3) is 0 Å². The van der Waals surface area contributed by atoms with Crippen LogP contribution in [0.4, 0.5) is 0 Å². The zero-order valence-electron chi connectivity index (χ0n) is 32.1. The first-order valence-electron chi connectivity index (χ1n) is 18.6. The number of carbonyl (C=O) groups is 6. The number of nitrogens with one attached hydrogen (secondary N) is 6. The van der Waals surface area contributed by atoms with Crippen LogP contribution in [0.2, 0.25) is 0 Å². The van der Waals surface area contributed by atoms with E-state index in [0.29, 0.717) is 25.9 Å². The Hall–Kier alpha value is -6.32. The molecule has 0 radical (unpaired) electrons. The van der Waals surface area contributed by atoms with Crippen LogP contribution in [-0.4, -0.2) is 80.7 Å². The summed E-state index contributed by atoms with van der Waals surface area (Å²) in [6, 6.07) is 16.5. The van der Waals surface area contributed by atoms with Gasteiger partial charge in [-0.05, 0) is 35.8 Å². The fourth-order valence-corrected chi connectivity index (χ4v) is 5.51. The summed E-state index contributed by atoms with van der Waals surface area (Å²) in [4.78, 5) is 91.0. The fourth-order valence-electron chi connectivity index (χ4n) is 5.51. The number of benzene rings is 2. The third kappa shape index (κ3) is 12.6. The second-order valence-electron chi connectivity index (χ2n) is 13.8. The van der Waals surface area contributed by atoms with E-state index in [2.05, 4.69) is 41.2 Å². The van der Waals surface area contributed by atoms with Crippen LogP contribution in [-0.2, 0) is 32.3 Å². The smallest absolute Gasteiger partial charge is 0.329 e. The molecule has 16 heteroatoms. The molecule has 0 aliphatic heterocycles. The predicted molar refractivity (Wildman–Crippen MR) is 205 cm³/mol. The zero-order valence-corrected chi connectivity index (χ0v) is 32.1. The number of amides is 4. The summed E-state index contributed by atoms with van der Waals surface area (Å²) in [6.07, 6.45) is 5.22. The number of hydrogen-bond acceptors (Lipinski definition) is 10. The van der Waals surface area contributed by atoms with Crippen LogP contribution in [0, 0.1) is 11.8 Å². The van der Waals surface area contributed by atoms with Gasteiger partial charge in [0.15, 0.2) is 11.4 Å². The van der Waals surface area contributed by atoms with E-state index in [1.165, 1.54) is 12.7 Å². The molecular weight excluding hydrogens is 720 g/mol. The van der Waals surface area contributed by atoms with Crippen molar-refractivity contribution in [1.29, 1.82) is 0 Å². The van der Waals surface area contributed by atoms with Gasteiger partial charge in [-0.25, -0.2) is 19.6 Å². The van der Waals surface area contributed by atoms with Crippen molar-refractivity contribution in [3.05, 3.63) is 107 Å². The molecular formula is C40H50N8O8. The van der Waals surface area contributed by atoms with E-state index in [1.54, 1.807) is 27.7 Å². The van der Waals surface area contributed by atoms with Gasteiger partial charge in [0.2, 0.25) is 0 Å². The minimum absolute atomic E-state index is 0.0278. The highest BCUT2D eigenvalue weighted by atomic mass is 16.5. The third-order valence-corrected chi connectivity index (χ3v) is 8.70. The monoisotopic (exact) mass is 770 g/mol. The zero-order chi connectivity index (χ0) is 40.5. The van der Waals surface area contributed by atoms with Crippen LogP contribution >= 0.6 is 0 Å². The molecule has 6 N–H and O–H groups in total. The summed E-state index contributed by atoms with van der Waals surface area (Å²) in [7, 11) is 0. The van der Waals surface area contributed by atoms with Crippen molar-refractivity contribution in [3.8, 4) is 0 Å². The predicted octanol–water partition coefficient (Wildman–Crippen LogP) is 3.85. The number of imidazole rings is 2. The first kappa shape index (κ1) is 42.4. The molecule has 4 rings (SSSR count). The molecule has 2 aromatic heterocycles. The maximum absolute atomic E-state index is 13.1. The number of rotatable bonds is 21. The van der Waals surface area contributed by atoms with Gasteiger partial charge < -0.3 is 40.7 Å². The maximum atomic E-state index is 13.1. The Bertz CT molecular complexity index is 1770. The molecule has 0 bridgehead atoms. The molecule has 0 aliphatic carbocycles. The van der Waals surface area contributed by atoms with Crippen molar-refractivity contribution in [3.63, 3.8) is 0 Å². The average Bonchev–Trinajstić information content (AvgIpc) is 3.90. The number of carbonyl (C=O) groups excluding carboxylic acids is 6. The third-order valence-electron chi connectivity index (χ3n) is 8.70. The lowest BCUT2D eigenvalue weighted by atomic mass is 10.0. The van der Waals surface area contributed by atoms with Gasteiger partial charge in [0, 0.05) is 13.1 Å². The van der Waals surface area contributed by atoms with Crippen LogP contribution in [0.5, 0.6) is 0 Å². The van der Waals surface area contributed by atoms with Gasteiger partial charge in [-0.1, -0.05) is 101 Å². The summed E-state index contributed by atoms with van der Waals surface area (Å²) < 4.78 is 10.8. The van der Waals surface area contributed by atoms with E-state index in [-0.39, 0.29) is 47.8 Å². The topological polar surface area (TPSA) is 226 Å². The van der Waals surface area contributed by atoms with Gasteiger partial charge in [0.1, 0.15) is 36.7 Å². The van der Waals surface area contributed by atoms with Crippen LogP contribution in [0.1, 0.15) is 106 Å². The van der Waals surface area contributed by atoms with Gasteiger partial charge in [0.25, 0.3) is 23.6 Å². The molecule has 2 unspecified atom stereocenters. The Labute approximate surface area is 325 Å². The van der Waals surface area contributed by atoms with E-state index >= 15 is 0 Å². The molecule has 2 aromatic carbocycles. The molecule has 0 saturated carbocycles. The number of ether oxygens (including phenoxy) is 2. The van der Waals surface area contributed by atoms with Crippen molar-refractivity contribution >= 4 is 35.6 Å². The highest BCUT2D eigenvalue weighted by Gasteiger charge is 2.30. The minimum atomic E-state index is -0.949.